The van der Waals surface area contributed by atoms with Crippen LogP contribution in [-0.2, 0) is 14.3 Å². The third-order valence-corrected chi connectivity index (χ3v) is 2.18. The van der Waals surface area contributed by atoms with Gasteiger partial charge in [-0.25, -0.2) is 8.78 Å². The molecule has 3 N–H and O–H groups in total. The van der Waals surface area contributed by atoms with E-state index in [4.69, 9.17) is 9.84 Å². The Balaban J connectivity index is 2.44. The Morgan fingerprint density at radius 2 is 1.80 bits per heavy atom. The van der Waals surface area contributed by atoms with Crippen LogP contribution >= 0.6 is 0 Å². The molecule has 0 aromatic heterocycles. The number of ether oxygens (including phenoxy) is 1. The van der Waals surface area contributed by atoms with Gasteiger partial charge in [-0.1, -0.05) is 6.07 Å². The second-order valence-corrected chi connectivity index (χ2v) is 3.64. The highest BCUT2D eigenvalue weighted by molar-refractivity contribution is 6.39. The summed E-state index contributed by atoms with van der Waals surface area (Å²) in [4.78, 5) is 22.7. The first kappa shape index (κ1) is 16.0. The second-order valence-electron chi connectivity index (χ2n) is 3.64. The van der Waals surface area contributed by atoms with Crippen molar-refractivity contribution in [3.63, 3.8) is 0 Å². The molecule has 8 heteroatoms. The van der Waals surface area contributed by atoms with Gasteiger partial charge in [0.1, 0.15) is 17.3 Å². The Morgan fingerprint density at radius 1 is 1.15 bits per heavy atom. The lowest BCUT2D eigenvalue weighted by molar-refractivity contribution is -0.136. The van der Waals surface area contributed by atoms with Crippen LogP contribution in [0.25, 0.3) is 0 Å². The van der Waals surface area contributed by atoms with Crippen LogP contribution in [0.15, 0.2) is 18.2 Å². The van der Waals surface area contributed by atoms with Crippen molar-refractivity contribution in [1.82, 2.24) is 5.32 Å². The lowest BCUT2D eigenvalue weighted by atomic mass is 10.3. The van der Waals surface area contributed by atoms with Crippen molar-refractivity contribution >= 4 is 17.5 Å². The number of rotatable bonds is 6. The van der Waals surface area contributed by atoms with E-state index in [1.54, 1.807) is 0 Å². The molecular weight excluding hydrogens is 274 g/mol. The number of carbonyl (C=O) groups is 2. The Morgan fingerprint density at radius 3 is 2.40 bits per heavy atom. The molecule has 0 unspecified atom stereocenters. The molecule has 0 heterocycles. The van der Waals surface area contributed by atoms with Crippen LogP contribution in [0.5, 0.6) is 0 Å². The number of amides is 2. The number of anilines is 1. The van der Waals surface area contributed by atoms with Crippen molar-refractivity contribution in [3.05, 3.63) is 29.8 Å². The molecule has 2 amide bonds. The smallest absolute Gasteiger partial charge is 0.313 e. The van der Waals surface area contributed by atoms with Gasteiger partial charge in [0, 0.05) is 6.54 Å². The van der Waals surface area contributed by atoms with Gasteiger partial charge in [-0.05, 0) is 12.1 Å². The molecule has 1 rings (SSSR count). The van der Waals surface area contributed by atoms with Crippen molar-refractivity contribution in [2.45, 2.75) is 0 Å². The van der Waals surface area contributed by atoms with Crippen LogP contribution < -0.4 is 10.6 Å². The number of nitrogens with one attached hydrogen (secondary N) is 2. The first-order valence-corrected chi connectivity index (χ1v) is 5.78. The maximum Gasteiger partial charge on any atom is 0.313 e. The zero-order valence-electron chi connectivity index (χ0n) is 10.5. The summed E-state index contributed by atoms with van der Waals surface area (Å²) in [5.74, 6) is -4.17. The summed E-state index contributed by atoms with van der Waals surface area (Å²) < 4.78 is 31.3. The molecule has 0 aliphatic carbocycles. The fraction of sp³-hybridized carbons (Fsp3) is 0.333. The van der Waals surface area contributed by atoms with E-state index in [0.29, 0.717) is 0 Å². The van der Waals surface area contributed by atoms with Crippen LogP contribution in [0.2, 0.25) is 0 Å². The minimum atomic E-state index is -1.18. The summed E-state index contributed by atoms with van der Waals surface area (Å²) in [6, 6.07) is 3.05. The number of hydrogen-bond donors (Lipinski definition) is 3. The van der Waals surface area contributed by atoms with Crippen LogP contribution in [0.3, 0.4) is 0 Å². The Hall–Kier alpha value is -2.06. The van der Waals surface area contributed by atoms with Crippen LogP contribution in [0, 0.1) is 11.6 Å². The SMILES string of the molecule is O=C(NCCOCCO)C(=O)Nc1c(F)cccc1F. The van der Waals surface area contributed by atoms with Gasteiger partial charge >= 0.3 is 11.8 Å². The number of aliphatic hydroxyl groups is 1. The largest absolute Gasteiger partial charge is 0.394 e. The summed E-state index contributed by atoms with van der Waals surface area (Å²) >= 11 is 0. The quantitative estimate of drug-likeness (QED) is 0.509. The average molecular weight is 288 g/mol. The molecule has 0 fully saturated rings. The van der Waals surface area contributed by atoms with E-state index in [0.717, 1.165) is 18.2 Å². The fourth-order valence-corrected chi connectivity index (χ4v) is 1.27. The third kappa shape index (κ3) is 4.90. The minimum absolute atomic E-state index is 0.0337. The highest BCUT2D eigenvalue weighted by Gasteiger charge is 2.17. The van der Waals surface area contributed by atoms with Gasteiger partial charge in [0.15, 0.2) is 0 Å². The number of hydrogen-bond acceptors (Lipinski definition) is 4. The molecule has 20 heavy (non-hydrogen) atoms. The topological polar surface area (TPSA) is 87.7 Å². The maximum absolute atomic E-state index is 13.2. The van der Waals surface area contributed by atoms with Gasteiger partial charge in [-0.3, -0.25) is 9.59 Å². The first-order valence-electron chi connectivity index (χ1n) is 5.78. The van der Waals surface area contributed by atoms with Gasteiger partial charge in [0.05, 0.1) is 19.8 Å². The first-order chi connectivity index (χ1) is 9.56. The van der Waals surface area contributed by atoms with Crippen molar-refractivity contribution < 1.29 is 28.2 Å². The van der Waals surface area contributed by atoms with Crippen LogP contribution in [-0.4, -0.2) is 43.3 Å². The Kier molecular flexibility index (Phi) is 6.54. The summed E-state index contributed by atoms with van der Waals surface area (Å²) in [6.45, 7) is 0.100. The molecule has 1 aromatic rings. The predicted octanol–water partition coefficient (Wildman–Crippen LogP) is 0.0284. The number of halogens is 2. The Labute approximate surface area is 113 Å². The van der Waals surface area contributed by atoms with Crippen molar-refractivity contribution in [1.29, 1.82) is 0 Å². The summed E-state index contributed by atoms with van der Waals surface area (Å²) in [5, 5.41) is 12.5. The number of para-hydroxylation sites is 1. The number of carbonyl (C=O) groups excluding carboxylic acids is 2. The zero-order valence-corrected chi connectivity index (χ0v) is 10.5. The van der Waals surface area contributed by atoms with Crippen molar-refractivity contribution in [2.75, 3.05) is 31.7 Å². The fourth-order valence-electron chi connectivity index (χ4n) is 1.27. The Bertz CT molecular complexity index is 462. The van der Waals surface area contributed by atoms with E-state index < -0.39 is 29.1 Å². The van der Waals surface area contributed by atoms with Gasteiger partial charge in [0.2, 0.25) is 0 Å². The van der Waals surface area contributed by atoms with Gasteiger partial charge in [0.25, 0.3) is 0 Å². The predicted molar refractivity (Wildman–Crippen MR) is 65.9 cm³/mol. The van der Waals surface area contributed by atoms with Crippen LogP contribution in [0.1, 0.15) is 0 Å². The molecule has 110 valence electrons. The van der Waals surface area contributed by atoms with E-state index in [9.17, 15) is 18.4 Å². The number of aliphatic hydroxyl groups excluding tert-OH is 1. The van der Waals surface area contributed by atoms with E-state index in [2.05, 4.69) is 5.32 Å². The van der Waals surface area contributed by atoms with Gasteiger partial charge < -0.3 is 20.5 Å². The zero-order chi connectivity index (χ0) is 15.0. The molecule has 0 saturated heterocycles. The molecule has 0 radical (unpaired) electrons. The van der Waals surface area contributed by atoms with E-state index >= 15 is 0 Å². The molecule has 0 saturated carbocycles. The molecule has 6 nitrogen and oxygen atoms in total. The second kappa shape index (κ2) is 8.18. The summed E-state index contributed by atoms with van der Waals surface area (Å²) in [6.07, 6.45) is 0. The summed E-state index contributed by atoms with van der Waals surface area (Å²) in [5.41, 5.74) is -0.677. The van der Waals surface area contributed by atoms with Crippen molar-refractivity contribution in [2.24, 2.45) is 0 Å². The monoisotopic (exact) mass is 288 g/mol. The normalized spacial score (nSPS) is 10.2. The molecule has 1 aromatic carbocycles. The van der Waals surface area contributed by atoms with Gasteiger partial charge in [-0.15, -0.1) is 0 Å². The third-order valence-electron chi connectivity index (χ3n) is 2.18. The summed E-state index contributed by atoms with van der Waals surface area (Å²) in [7, 11) is 0. The average Bonchev–Trinajstić information content (AvgIpc) is 2.42. The molecule has 0 atom stereocenters. The molecule has 0 bridgehead atoms. The van der Waals surface area contributed by atoms with E-state index in [-0.39, 0.29) is 26.4 Å². The lowest BCUT2D eigenvalue weighted by Gasteiger charge is -2.08. The maximum atomic E-state index is 13.2. The molecule has 0 spiro atoms. The molecule has 0 aliphatic heterocycles. The highest BCUT2D eigenvalue weighted by atomic mass is 19.1. The van der Waals surface area contributed by atoms with E-state index in [1.807, 2.05) is 5.32 Å². The molecule has 0 aliphatic rings. The standard InChI is InChI=1S/C12H14F2N2O4/c13-8-2-1-3-9(14)10(8)16-12(19)11(18)15-4-6-20-7-5-17/h1-3,17H,4-7H2,(H,15,18)(H,16,19). The highest BCUT2D eigenvalue weighted by Crippen LogP contribution is 2.17. The lowest BCUT2D eigenvalue weighted by Crippen LogP contribution is -2.37. The van der Waals surface area contributed by atoms with E-state index in [1.165, 1.54) is 0 Å². The number of benzene rings is 1. The van der Waals surface area contributed by atoms with Gasteiger partial charge in [-0.2, -0.15) is 0 Å². The molecular formula is C12H14F2N2O4. The van der Waals surface area contributed by atoms with Crippen LogP contribution in [0.4, 0.5) is 14.5 Å². The van der Waals surface area contributed by atoms with Crippen molar-refractivity contribution in [3.8, 4) is 0 Å². The minimum Gasteiger partial charge on any atom is -0.394 e.